The van der Waals surface area contributed by atoms with Crippen molar-refractivity contribution in [3.05, 3.63) is 49.1 Å². The van der Waals surface area contributed by atoms with Gasteiger partial charge in [0.1, 0.15) is 0 Å². The predicted molar refractivity (Wildman–Crippen MR) is 58.8 cm³/mol. The first-order chi connectivity index (χ1) is 7.65. The SMILES string of the molecule is C=CCC(=C)C(=O)OOc1ccccc1O. The number of carbonyl (C=O) groups is 1. The van der Waals surface area contributed by atoms with E-state index in [1.807, 2.05) is 0 Å². The first-order valence-electron chi connectivity index (χ1n) is 4.60. The van der Waals surface area contributed by atoms with Crippen molar-refractivity contribution >= 4 is 5.97 Å². The zero-order valence-electron chi connectivity index (χ0n) is 8.68. The fourth-order valence-corrected chi connectivity index (χ4v) is 0.927. The van der Waals surface area contributed by atoms with Crippen LogP contribution >= 0.6 is 0 Å². The molecule has 0 heterocycles. The lowest BCUT2D eigenvalue weighted by Gasteiger charge is -2.05. The van der Waals surface area contributed by atoms with E-state index in [2.05, 4.69) is 22.9 Å². The maximum atomic E-state index is 11.2. The Kier molecular flexibility index (Phi) is 4.15. The van der Waals surface area contributed by atoms with Gasteiger partial charge in [0.2, 0.25) is 5.75 Å². The molecule has 0 bridgehead atoms. The van der Waals surface area contributed by atoms with Gasteiger partial charge in [0.15, 0.2) is 5.75 Å². The second-order valence-corrected chi connectivity index (χ2v) is 3.02. The quantitative estimate of drug-likeness (QED) is 0.358. The third kappa shape index (κ3) is 3.16. The monoisotopic (exact) mass is 220 g/mol. The van der Waals surface area contributed by atoms with Crippen molar-refractivity contribution in [3.63, 3.8) is 0 Å². The molecule has 1 N–H and O–H groups in total. The van der Waals surface area contributed by atoms with Crippen LogP contribution in [-0.2, 0) is 9.68 Å². The van der Waals surface area contributed by atoms with Crippen molar-refractivity contribution in [1.82, 2.24) is 0 Å². The molecule has 0 aromatic heterocycles. The molecule has 0 unspecified atom stereocenters. The summed E-state index contributed by atoms with van der Waals surface area (Å²) in [4.78, 5) is 20.4. The molecule has 0 saturated carbocycles. The van der Waals surface area contributed by atoms with E-state index in [9.17, 15) is 9.90 Å². The fraction of sp³-hybridized carbons (Fsp3) is 0.0833. The van der Waals surface area contributed by atoms with Crippen molar-refractivity contribution in [2.45, 2.75) is 6.42 Å². The van der Waals surface area contributed by atoms with Gasteiger partial charge in [-0.2, -0.15) is 0 Å². The highest BCUT2D eigenvalue weighted by Gasteiger charge is 2.10. The average Bonchev–Trinajstić information content (AvgIpc) is 2.28. The molecule has 1 rings (SSSR count). The third-order valence-electron chi connectivity index (χ3n) is 1.75. The van der Waals surface area contributed by atoms with Crippen LogP contribution in [0.15, 0.2) is 49.1 Å². The van der Waals surface area contributed by atoms with Gasteiger partial charge in [-0.15, -0.1) is 6.58 Å². The molecule has 1 aromatic carbocycles. The summed E-state index contributed by atoms with van der Waals surface area (Å²) in [6, 6.07) is 6.16. The molecule has 0 amide bonds. The summed E-state index contributed by atoms with van der Waals surface area (Å²) >= 11 is 0. The van der Waals surface area contributed by atoms with Crippen LogP contribution < -0.4 is 4.89 Å². The molecule has 0 aliphatic heterocycles. The largest absolute Gasteiger partial charge is 0.504 e. The second kappa shape index (κ2) is 5.60. The summed E-state index contributed by atoms with van der Waals surface area (Å²) in [6.45, 7) is 6.96. The number of carbonyl (C=O) groups excluding carboxylic acids is 1. The maximum Gasteiger partial charge on any atom is 0.381 e. The fourth-order valence-electron chi connectivity index (χ4n) is 0.927. The van der Waals surface area contributed by atoms with Crippen LogP contribution in [0.25, 0.3) is 0 Å². The molecule has 0 aliphatic carbocycles. The van der Waals surface area contributed by atoms with Gasteiger partial charge in [-0.1, -0.05) is 24.8 Å². The van der Waals surface area contributed by atoms with E-state index < -0.39 is 5.97 Å². The minimum Gasteiger partial charge on any atom is -0.504 e. The Bertz CT molecular complexity index is 409. The van der Waals surface area contributed by atoms with Crippen LogP contribution in [0, 0.1) is 0 Å². The van der Waals surface area contributed by atoms with Gasteiger partial charge in [-0.25, -0.2) is 9.68 Å². The molecule has 0 aliphatic rings. The van der Waals surface area contributed by atoms with Crippen LogP contribution in [-0.4, -0.2) is 11.1 Å². The lowest BCUT2D eigenvalue weighted by atomic mass is 10.2. The number of allylic oxidation sites excluding steroid dienone is 1. The molecular weight excluding hydrogens is 208 g/mol. The zero-order valence-corrected chi connectivity index (χ0v) is 8.68. The molecule has 0 saturated heterocycles. The smallest absolute Gasteiger partial charge is 0.381 e. The van der Waals surface area contributed by atoms with Crippen LogP contribution in [0.5, 0.6) is 11.5 Å². The molecule has 0 radical (unpaired) electrons. The van der Waals surface area contributed by atoms with Crippen molar-refractivity contribution in [1.29, 1.82) is 0 Å². The third-order valence-corrected chi connectivity index (χ3v) is 1.75. The summed E-state index contributed by atoms with van der Waals surface area (Å²) in [5, 5.41) is 9.31. The van der Waals surface area contributed by atoms with E-state index in [1.165, 1.54) is 18.2 Å². The summed E-state index contributed by atoms with van der Waals surface area (Å²) < 4.78 is 0. The number of phenolic OH excluding ortho intramolecular Hbond substituents is 1. The van der Waals surface area contributed by atoms with Crippen LogP contribution in [0.3, 0.4) is 0 Å². The average molecular weight is 220 g/mol. The topological polar surface area (TPSA) is 55.8 Å². The molecule has 84 valence electrons. The summed E-state index contributed by atoms with van der Waals surface area (Å²) in [7, 11) is 0. The molecule has 1 aromatic rings. The van der Waals surface area contributed by atoms with Gasteiger partial charge in [-0.05, 0) is 18.6 Å². The van der Waals surface area contributed by atoms with Gasteiger partial charge in [0, 0.05) is 5.57 Å². The lowest BCUT2D eigenvalue weighted by molar-refractivity contribution is -0.209. The number of rotatable bonds is 5. The van der Waals surface area contributed by atoms with E-state index in [4.69, 9.17) is 0 Å². The normalized spacial score (nSPS) is 9.25. The van der Waals surface area contributed by atoms with E-state index in [0.717, 1.165) is 0 Å². The first kappa shape index (κ1) is 11.8. The van der Waals surface area contributed by atoms with Gasteiger partial charge in [0.05, 0.1) is 0 Å². The van der Waals surface area contributed by atoms with E-state index in [0.29, 0.717) is 6.42 Å². The second-order valence-electron chi connectivity index (χ2n) is 3.02. The number of aromatic hydroxyl groups is 1. The molecule has 16 heavy (non-hydrogen) atoms. The predicted octanol–water partition coefficient (Wildman–Crippen LogP) is 2.36. The maximum absolute atomic E-state index is 11.2. The Morgan fingerprint density at radius 3 is 2.75 bits per heavy atom. The molecule has 4 heteroatoms. The highest BCUT2D eigenvalue weighted by atomic mass is 17.2. The first-order valence-corrected chi connectivity index (χ1v) is 4.60. The van der Waals surface area contributed by atoms with Crippen molar-refractivity contribution in [2.24, 2.45) is 0 Å². The van der Waals surface area contributed by atoms with Gasteiger partial charge < -0.3 is 5.11 Å². The van der Waals surface area contributed by atoms with Gasteiger partial charge in [-0.3, -0.25) is 4.89 Å². The summed E-state index contributed by atoms with van der Waals surface area (Å²) in [5.74, 6) is -0.727. The Balaban J connectivity index is 2.52. The Morgan fingerprint density at radius 1 is 1.44 bits per heavy atom. The minimum absolute atomic E-state index is 0.0715. The van der Waals surface area contributed by atoms with Crippen molar-refractivity contribution < 1.29 is 19.7 Å². The molecule has 4 nitrogen and oxygen atoms in total. The highest BCUT2D eigenvalue weighted by molar-refractivity contribution is 5.87. The van der Waals surface area contributed by atoms with Crippen LogP contribution in [0.2, 0.25) is 0 Å². The van der Waals surface area contributed by atoms with E-state index >= 15 is 0 Å². The van der Waals surface area contributed by atoms with E-state index in [1.54, 1.807) is 12.1 Å². The molecular formula is C12H12O4. The number of benzene rings is 1. The Hall–Kier alpha value is -2.23. The van der Waals surface area contributed by atoms with Gasteiger partial charge >= 0.3 is 5.97 Å². The number of phenols is 1. The van der Waals surface area contributed by atoms with Gasteiger partial charge in [0.25, 0.3) is 0 Å². The van der Waals surface area contributed by atoms with Crippen molar-refractivity contribution in [2.75, 3.05) is 0 Å². The Labute approximate surface area is 93.4 Å². The molecule has 0 atom stereocenters. The highest BCUT2D eigenvalue weighted by Crippen LogP contribution is 2.24. The molecule has 0 fully saturated rings. The van der Waals surface area contributed by atoms with E-state index in [-0.39, 0.29) is 17.1 Å². The Morgan fingerprint density at radius 2 is 2.12 bits per heavy atom. The summed E-state index contributed by atoms with van der Waals surface area (Å²) in [6.07, 6.45) is 1.85. The van der Waals surface area contributed by atoms with Crippen LogP contribution in [0.1, 0.15) is 6.42 Å². The number of hydrogen-bond acceptors (Lipinski definition) is 4. The number of hydrogen-bond donors (Lipinski definition) is 1. The standard InChI is InChI=1S/C12H12O4/c1-3-6-9(2)12(14)16-15-11-8-5-4-7-10(11)13/h3-5,7-8,13H,1-2,6H2. The van der Waals surface area contributed by atoms with Crippen molar-refractivity contribution in [3.8, 4) is 11.5 Å². The molecule has 0 spiro atoms. The summed E-state index contributed by atoms with van der Waals surface area (Å²) in [5.41, 5.74) is 0.227. The minimum atomic E-state index is -0.692. The van der Waals surface area contributed by atoms with Crippen LogP contribution in [0.4, 0.5) is 0 Å². The lowest BCUT2D eigenvalue weighted by Crippen LogP contribution is -2.09. The number of para-hydroxylation sites is 2. The zero-order chi connectivity index (χ0) is 12.0.